The van der Waals surface area contributed by atoms with Crippen LogP contribution in [0.15, 0.2) is 18.2 Å². The van der Waals surface area contributed by atoms with Gasteiger partial charge in [0, 0.05) is 6.61 Å². The van der Waals surface area contributed by atoms with E-state index in [0.717, 1.165) is 18.1 Å². The van der Waals surface area contributed by atoms with Crippen LogP contribution in [0.3, 0.4) is 0 Å². The monoisotopic (exact) mass is 239 g/mol. The number of rotatable bonds is 6. The summed E-state index contributed by atoms with van der Waals surface area (Å²) in [7, 11) is 1.44. The molecule has 0 aromatic heterocycles. The van der Waals surface area contributed by atoms with Crippen LogP contribution in [0.2, 0.25) is 0 Å². The summed E-state index contributed by atoms with van der Waals surface area (Å²) in [6.45, 7) is 1.20. The van der Waals surface area contributed by atoms with Crippen molar-refractivity contribution in [2.45, 2.75) is 18.9 Å². The molecule has 0 radical (unpaired) electrons. The molecule has 4 heteroatoms. The fourth-order valence-corrected chi connectivity index (χ4v) is 1.66. The van der Waals surface area contributed by atoms with Gasteiger partial charge in [-0.2, -0.15) is 0 Å². The highest BCUT2D eigenvalue weighted by molar-refractivity contribution is 5.30. The Kier molecular flexibility index (Phi) is 3.97. The summed E-state index contributed by atoms with van der Waals surface area (Å²) >= 11 is 0. The van der Waals surface area contributed by atoms with Gasteiger partial charge in [-0.1, -0.05) is 6.07 Å². The molecule has 1 aliphatic rings. The van der Waals surface area contributed by atoms with E-state index in [9.17, 15) is 4.39 Å². The first-order valence-electron chi connectivity index (χ1n) is 5.87. The van der Waals surface area contributed by atoms with E-state index in [2.05, 4.69) is 0 Å². The van der Waals surface area contributed by atoms with E-state index in [4.69, 9.17) is 15.2 Å². The molecule has 0 spiro atoms. The topological polar surface area (TPSA) is 44.5 Å². The minimum atomic E-state index is -0.386. The van der Waals surface area contributed by atoms with Crippen molar-refractivity contribution in [3.05, 3.63) is 29.6 Å². The summed E-state index contributed by atoms with van der Waals surface area (Å²) in [6, 6.07) is 4.48. The number of hydrogen-bond donors (Lipinski definition) is 1. The Balaban J connectivity index is 1.88. The third-order valence-electron chi connectivity index (χ3n) is 2.95. The van der Waals surface area contributed by atoms with Crippen molar-refractivity contribution in [1.82, 2.24) is 0 Å². The molecule has 1 aromatic carbocycles. The Labute approximate surface area is 101 Å². The summed E-state index contributed by atoms with van der Waals surface area (Å²) in [6.07, 6.45) is 2.51. The second-order valence-corrected chi connectivity index (χ2v) is 4.48. The lowest BCUT2D eigenvalue weighted by molar-refractivity contribution is 0.112. The van der Waals surface area contributed by atoms with Crippen LogP contribution in [0.1, 0.15) is 24.4 Å². The standard InChI is InChI=1S/C13H18FNO2/c1-16-13-5-4-10(6-11(13)14)12(15)8-17-7-9-2-3-9/h4-6,9,12H,2-3,7-8,15H2,1H3. The van der Waals surface area contributed by atoms with Crippen LogP contribution in [0.4, 0.5) is 4.39 Å². The van der Waals surface area contributed by atoms with Crippen molar-refractivity contribution >= 4 is 0 Å². The van der Waals surface area contributed by atoms with Crippen molar-refractivity contribution in [3.8, 4) is 5.75 Å². The average molecular weight is 239 g/mol. The maximum Gasteiger partial charge on any atom is 0.165 e. The summed E-state index contributed by atoms with van der Waals surface area (Å²) in [4.78, 5) is 0. The maximum absolute atomic E-state index is 13.4. The number of benzene rings is 1. The fraction of sp³-hybridized carbons (Fsp3) is 0.538. The van der Waals surface area contributed by atoms with Gasteiger partial charge in [-0.3, -0.25) is 0 Å². The van der Waals surface area contributed by atoms with Crippen LogP contribution in [0.25, 0.3) is 0 Å². The summed E-state index contributed by atoms with van der Waals surface area (Å²) in [5, 5.41) is 0. The number of nitrogens with two attached hydrogens (primary N) is 1. The molecule has 0 bridgehead atoms. The van der Waals surface area contributed by atoms with Crippen LogP contribution in [-0.2, 0) is 4.74 Å². The quantitative estimate of drug-likeness (QED) is 0.828. The zero-order valence-corrected chi connectivity index (χ0v) is 9.99. The number of hydrogen-bond acceptors (Lipinski definition) is 3. The largest absolute Gasteiger partial charge is 0.494 e. The van der Waals surface area contributed by atoms with Gasteiger partial charge in [0.1, 0.15) is 0 Å². The lowest BCUT2D eigenvalue weighted by Gasteiger charge is -2.13. The van der Waals surface area contributed by atoms with Gasteiger partial charge in [-0.25, -0.2) is 4.39 Å². The molecule has 2 N–H and O–H groups in total. The Hall–Kier alpha value is -1.13. The van der Waals surface area contributed by atoms with Crippen molar-refractivity contribution in [2.75, 3.05) is 20.3 Å². The minimum absolute atomic E-state index is 0.236. The Morgan fingerprint density at radius 2 is 2.24 bits per heavy atom. The number of ether oxygens (including phenoxy) is 2. The molecule has 2 rings (SSSR count). The molecule has 0 amide bonds. The fourth-order valence-electron chi connectivity index (χ4n) is 1.66. The van der Waals surface area contributed by atoms with Crippen LogP contribution < -0.4 is 10.5 Å². The van der Waals surface area contributed by atoms with E-state index in [1.807, 2.05) is 0 Å². The van der Waals surface area contributed by atoms with E-state index < -0.39 is 0 Å². The van der Waals surface area contributed by atoms with Gasteiger partial charge in [0.05, 0.1) is 19.8 Å². The highest BCUT2D eigenvalue weighted by Gasteiger charge is 2.21. The predicted molar refractivity (Wildman–Crippen MR) is 63.4 cm³/mol. The molecule has 17 heavy (non-hydrogen) atoms. The third-order valence-corrected chi connectivity index (χ3v) is 2.95. The lowest BCUT2D eigenvalue weighted by atomic mass is 10.1. The molecule has 1 atom stereocenters. The molecular formula is C13H18FNO2. The first kappa shape index (κ1) is 12.3. The SMILES string of the molecule is COc1ccc(C(N)COCC2CC2)cc1F. The molecule has 0 saturated heterocycles. The van der Waals surface area contributed by atoms with E-state index in [0.29, 0.717) is 6.61 Å². The van der Waals surface area contributed by atoms with E-state index >= 15 is 0 Å². The first-order chi connectivity index (χ1) is 8.20. The average Bonchev–Trinajstić information content (AvgIpc) is 3.13. The van der Waals surface area contributed by atoms with Crippen molar-refractivity contribution in [3.63, 3.8) is 0 Å². The first-order valence-corrected chi connectivity index (χ1v) is 5.87. The van der Waals surface area contributed by atoms with Gasteiger partial charge in [-0.05, 0) is 36.5 Å². The summed E-state index contributed by atoms with van der Waals surface area (Å²) < 4.78 is 23.8. The second-order valence-electron chi connectivity index (χ2n) is 4.48. The molecule has 1 aromatic rings. The molecule has 0 heterocycles. The summed E-state index contributed by atoms with van der Waals surface area (Å²) in [5.41, 5.74) is 6.66. The van der Waals surface area contributed by atoms with Gasteiger partial charge >= 0.3 is 0 Å². The Morgan fingerprint density at radius 1 is 1.47 bits per heavy atom. The molecule has 1 aliphatic carbocycles. The van der Waals surface area contributed by atoms with Crippen LogP contribution in [-0.4, -0.2) is 20.3 Å². The highest BCUT2D eigenvalue weighted by Crippen LogP contribution is 2.29. The third kappa shape index (κ3) is 3.41. The molecule has 0 aliphatic heterocycles. The van der Waals surface area contributed by atoms with Gasteiger partial charge in [-0.15, -0.1) is 0 Å². The Morgan fingerprint density at radius 3 is 2.82 bits per heavy atom. The smallest absolute Gasteiger partial charge is 0.165 e. The molecule has 1 fully saturated rings. The number of methoxy groups -OCH3 is 1. The minimum Gasteiger partial charge on any atom is -0.494 e. The maximum atomic E-state index is 13.4. The van der Waals surface area contributed by atoms with Crippen molar-refractivity contribution in [1.29, 1.82) is 0 Å². The Bertz CT molecular complexity index is 380. The van der Waals surface area contributed by atoms with Gasteiger partial charge in [0.15, 0.2) is 11.6 Å². The van der Waals surface area contributed by atoms with E-state index in [1.54, 1.807) is 12.1 Å². The summed E-state index contributed by atoms with van der Waals surface area (Å²) in [5.74, 6) is 0.567. The second kappa shape index (κ2) is 5.47. The van der Waals surface area contributed by atoms with Crippen molar-refractivity contribution in [2.24, 2.45) is 11.7 Å². The van der Waals surface area contributed by atoms with E-state index in [-0.39, 0.29) is 17.6 Å². The molecule has 1 saturated carbocycles. The van der Waals surface area contributed by atoms with Gasteiger partial charge in [0.25, 0.3) is 0 Å². The normalized spacial score (nSPS) is 16.9. The molecule has 1 unspecified atom stereocenters. The zero-order chi connectivity index (χ0) is 12.3. The molecule has 3 nitrogen and oxygen atoms in total. The van der Waals surface area contributed by atoms with Crippen LogP contribution in [0.5, 0.6) is 5.75 Å². The lowest BCUT2D eigenvalue weighted by Crippen LogP contribution is -2.18. The van der Waals surface area contributed by atoms with Crippen LogP contribution in [0, 0.1) is 11.7 Å². The van der Waals surface area contributed by atoms with Gasteiger partial charge in [0.2, 0.25) is 0 Å². The zero-order valence-electron chi connectivity index (χ0n) is 9.99. The van der Waals surface area contributed by atoms with E-state index in [1.165, 1.54) is 26.0 Å². The van der Waals surface area contributed by atoms with Gasteiger partial charge < -0.3 is 15.2 Å². The molecular weight excluding hydrogens is 221 g/mol. The predicted octanol–water partition coefficient (Wildman–Crippen LogP) is 2.26. The van der Waals surface area contributed by atoms with Crippen LogP contribution >= 0.6 is 0 Å². The van der Waals surface area contributed by atoms with Crippen molar-refractivity contribution < 1.29 is 13.9 Å². The number of halogens is 1. The molecule has 94 valence electrons. The highest BCUT2D eigenvalue weighted by atomic mass is 19.1.